The standard InChI is InChI=1S/C23H26Cl2N2O3/c1-2-30-22(28)12-16-5-9-20(10-6-16)26-23(29)18-4-3-11-27(15-18)14-17-7-8-19(24)13-21(17)25/h5-10,13,18H,2-4,11-12,14-15H2,1H3,(H,26,29)/t18-/m0/s1. The van der Waals surface area contributed by atoms with E-state index in [1.807, 2.05) is 36.4 Å². The van der Waals surface area contributed by atoms with Crippen LogP contribution in [0.15, 0.2) is 42.5 Å². The minimum atomic E-state index is -0.252. The highest BCUT2D eigenvalue weighted by Crippen LogP contribution is 2.25. The van der Waals surface area contributed by atoms with Gasteiger partial charge in [0.05, 0.1) is 18.9 Å². The largest absolute Gasteiger partial charge is 0.466 e. The lowest BCUT2D eigenvalue weighted by Crippen LogP contribution is -2.40. The number of carbonyl (C=O) groups excluding carboxylic acids is 2. The fourth-order valence-corrected chi connectivity index (χ4v) is 4.10. The predicted molar refractivity (Wildman–Crippen MR) is 120 cm³/mol. The molecule has 30 heavy (non-hydrogen) atoms. The van der Waals surface area contributed by atoms with Gasteiger partial charge in [0.1, 0.15) is 0 Å². The van der Waals surface area contributed by atoms with E-state index < -0.39 is 0 Å². The van der Waals surface area contributed by atoms with Crippen molar-refractivity contribution in [1.29, 1.82) is 0 Å². The molecule has 0 unspecified atom stereocenters. The summed E-state index contributed by atoms with van der Waals surface area (Å²) in [7, 11) is 0. The second-order valence-electron chi connectivity index (χ2n) is 7.48. The summed E-state index contributed by atoms with van der Waals surface area (Å²) in [6.07, 6.45) is 2.05. The van der Waals surface area contributed by atoms with Gasteiger partial charge in [-0.05, 0) is 61.7 Å². The molecule has 1 atom stereocenters. The molecule has 3 rings (SSSR count). The first-order valence-corrected chi connectivity index (χ1v) is 10.9. The fraction of sp³-hybridized carbons (Fsp3) is 0.391. The van der Waals surface area contributed by atoms with Crippen LogP contribution >= 0.6 is 23.2 Å². The zero-order valence-corrected chi connectivity index (χ0v) is 18.5. The van der Waals surface area contributed by atoms with Gasteiger partial charge >= 0.3 is 5.97 Å². The number of ether oxygens (including phenoxy) is 1. The number of benzene rings is 2. The number of esters is 1. The van der Waals surface area contributed by atoms with Crippen LogP contribution in [0.1, 0.15) is 30.9 Å². The number of hydrogen-bond acceptors (Lipinski definition) is 4. The van der Waals surface area contributed by atoms with Gasteiger partial charge in [-0.3, -0.25) is 14.5 Å². The topological polar surface area (TPSA) is 58.6 Å². The first kappa shape index (κ1) is 22.6. The van der Waals surface area contributed by atoms with E-state index in [9.17, 15) is 9.59 Å². The molecule has 2 aromatic rings. The molecule has 2 aromatic carbocycles. The average molecular weight is 449 g/mol. The van der Waals surface area contributed by atoms with Gasteiger partial charge in [0.25, 0.3) is 0 Å². The smallest absolute Gasteiger partial charge is 0.310 e. The number of likely N-dealkylation sites (tertiary alicyclic amines) is 1. The van der Waals surface area contributed by atoms with Crippen LogP contribution in [0.3, 0.4) is 0 Å². The van der Waals surface area contributed by atoms with E-state index in [1.165, 1.54) is 0 Å². The van der Waals surface area contributed by atoms with Crippen LogP contribution in [0, 0.1) is 5.92 Å². The molecule has 1 heterocycles. The van der Waals surface area contributed by atoms with Gasteiger partial charge in [0, 0.05) is 28.8 Å². The number of amides is 1. The third-order valence-electron chi connectivity index (χ3n) is 5.16. The molecule has 0 saturated carbocycles. The number of hydrogen-bond donors (Lipinski definition) is 1. The third kappa shape index (κ3) is 6.46. The summed E-state index contributed by atoms with van der Waals surface area (Å²) >= 11 is 12.3. The Kier molecular flexibility index (Phi) is 8.14. The number of carbonyl (C=O) groups is 2. The third-order valence-corrected chi connectivity index (χ3v) is 5.75. The molecule has 0 bridgehead atoms. The van der Waals surface area contributed by atoms with E-state index >= 15 is 0 Å². The summed E-state index contributed by atoms with van der Waals surface area (Å²) in [6, 6.07) is 12.8. The Morgan fingerprint density at radius 3 is 2.63 bits per heavy atom. The Hall–Kier alpha value is -2.08. The highest BCUT2D eigenvalue weighted by Gasteiger charge is 2.26. The molecule has 1 saturated heterocycles. The monoisotopic (exact) mass is 448 g/mol. The van der Waals surface area contributed by atoms with Crippen LogP contribution in [-0.2, 0) is 27.3 Å². The van der Waals surface area contributed by atoms with Crippen molar-refractivity contribution in [3.8, 4) is 0 Å². The second kappa shape index (κ2) is 10.8. The Morgan fingerprint density at radius 2 is 1.93 bits per heavy atom. The number of rotatable bonds is 7. The first-order chi connectivity index (χ1) is 14.4. The van der Waals surface area contributed by atoms with Crippen molar-refractivity contribution in [2.24, 2.45) is 5.92 Å². The molecular formula is C23H26Cl2N2O3. The Balaban J connectivity index is 1.54. The van der Waals surface area contributed by atoms with Crippen molar-refractivity contribution in [3.05, 3.63) is 63.6 Å². The maximum absolute atomic E-state index is 12.8. The number of piperidine rings is 1. The van der Waals surface area contributed by atoms with Crippen molar-refractivity contribution in [3.63, 3.8) is 0 Å². The van der Waals surface area contributed by atoms with E-state index in [2.05, 4.69) is 10.2 Å². The van der Waals surface area contributed by atoms with Crippen molar-refractivity contribution < 1.29 is 14.3 Å². The van der Waals surface area contributed by atoms with E-state index in [4.69, 9.17) is 27.9 Å². The lowest BCUT2D eigenvalue weighted by molar-refractivity contribution is -0.142. The Labute approximate surface area is 187 Å². The van der Waals surface area contributed by atoms with Gasteiger partial charge in [0.15, 0.2) is 0 Å². The van der Waals surface area contributed by atoms with Gasteiger partial charge in [-0.2, -0.15) is 0 Å². The first-order valence-electron chi connectivity index (χ1n) is 10.2. The van der Waals surface area contributed by atoms with Gasteiger partial charge < -0.3 is 10.1 Å². The van der Waals surface area contributed by atoms with Crippen molar-refractivity contribution in [2.75, 3.05) is 25.0 Å². The zero-order valence-electron chi connectivity index (χ0n) is 17.0. The van der Waals surface area contributed by atoms with Gasteiger partial charge in [0.2, 0.25) is 5.91 Å². The van der Waals surface area contributed by atoms with Crippen LogP contribution in [0.2, 0.25) is 10.0 Å². The summed E-state index contributed by atoms with van der Waals surface area (Å²) in [5.74, 6) is -0.318. The normalized spacial score (nSPS) is 16.8. The fourth-order valence-electron chi connectivity index (χ4n) is 3.63. The van der Waals surface area contributed by atoms with Crippen molar-refractivity contribution in [1.82, 2.24) is 4.90 Å². The van der Waals surface area contributed by atoms with E-state index in [0.29, 0.717) is 29.7 Å². The summed E-state index contributed by atoms with van der Waals surface area (Å²) in [5.41, 5.74) is 2.60. The van der Waals surface area contributed by atoms with Crippen LogP contribution in [0.4, 0.5) is 5.69 Å². The molecule has 1 amide bonds. The number of halogens is 2. The quantitative estimate of drug-likeness (QED) is 0.608. The van der Waals surface area contributed by atoms with Crippen molar-refractivity contribution in [2.45, 2.75) is 32.7 Å². The molecule has 1 fully saturated rings. The maximum atomic E-state index is 12.8. The second-order valence-corrected chi connectivity index (χ2v) is 8.32. The summed E-state index contributed by atoms with van der Waals surface area (Å²) < 4.78 is 4.96. The van der Waals surface area contributed by atoms with E-state index in [0.717, 1.165) is 36.2 Å². The van der Waals surface area contributed by atoms with Crippen LogP contribution in [-0.4, -0.2) is 36.5 Å². The highest BCUT2D eigenvalue weighted by atomic mass is 35.5. The lowest BCUT2D eigenvalue weighted by atomic mass is 9.96. The number of anilines is 1. The van der Waals surface area contributed by atoms with Gasteiger partial charge in [-0.15, -0.1) is 0 Å². The Morgan fingerprint density at radius 1 is 1.17 bits per heavy atom. The average Bonchev–Trinajstić information content (AvgIpc) is 2.72. The molecule has 1 aliphatic rings. The number of nitrogens with zero attached hydrogens (tertiary/aromatic N) is 1. The lowest BCUT2D eigenvalue weighted by Gasteiger charge is -2.32. The van der Waals surface area contributed by atoms with Crippen LogP contribution in [0.5, 0.6) is 0 Å². The molecule has 0 radical (unpaired) electrons. The Bertz CT molecular complexity index is 887. The summed E-state index contributed by atoms with van der Waals surface area (Å²) in [6.45, 7) is 4.47. The molecule has 5 nitrogen and oxygen atoms in total. The molecule has 160 valence electrons. The molecular weight excluding hydrogens is 423 g/mol. The maximum Gasteiger partial charge on any atom is 0.310 e. The van der Waals surface area contributed by atoms with E-state index in [-0.39, 0.29) is 24.2 Å². The molecule has 1 N–H and O–H groups in total. The van der Waals surface area contributed by atoms with E-state index in [1.54, 1.807) is 13.0 Å². The molecule has 0 aliphatic carbocycles. The predicted octanol–water partition coefficient (Wildman–Crippen LogP) is 4.95. The van der Waals surface area contributed by atoms with Crippen molar-refractivity contribution >= 4 is 40.8 Å². The molecule has 0 spiro atoms. The van der Waals surface area contributed by atoms with Gasteiger partial charge in [-0.1, -0.05) is 41.4 Å². The molecule has 7 heteroatoms. The van der Waals surface area contributed by atoms with Gasteiger partial charge in [-0.25, -0.2) is 0 Å². The van der Waals surface area contributed by atoms with Crippen LogP contribution < -0.4 is 5.32 Å². The minimum absolute atomic E-state index is 0.0139. The number of nitrogens with one attached hydrogen (secondary N) is 1. The van der Waals surface area contributed by atoms with Crippen LogP contribution in [0.25, 0.3) is 0 Å². The minimum Gasteiger partial charge on any atom is -0.466 e. The summed E-state index contributed by atoms with van der Waals surface area (Å²) in [4.78, 5) is 26.6. The SMILES string of the molecule is CCOC(=O)Cc1ccc(NC(=O)[C@H]2CCCN(Cc3ccc(Cl)cc3Cl)C2)cc1. The molecule has 0 aromatic heterocycles. The summed E-state index contributed by atoms with van der Waals surface area (Å²) in [5, 5.41) is 4.26. The molecule has 1 aliphatic heterocycles. The zero-order chi connectivity index (χ0) is 21.5. The highest BCUT2D eigenvalue weighted by molar-refractivity contribution is 6.35.